The summed E-state index contributed by atoms with van der Waals surface area (Å²) < 4.78 is 1.69. The maximum absolute atomic E-state index is 12.8. The van der Waals surface area contributed by atoms with Crippen molar-refractivity contribution in [2.45, 2.75) is 13.8 Å². The molecule has 0 radical (unpaired) electrons. The molecule has 0 spiro atoms. The first-order valence-corrected chi connectivity index (χ1v) is 10.0. The fraction of sp³-hybridized carbons (Fsp3) is 0.0870. The number of rotatable bonds is 4. The second-order valence-electron chi connectivity index (χ2n) is 6.89. The molecule has 0 aliphatic carbocycles. The van der Waals surface area contributed by atoms with Crippen LogP contribution in [0.4, 0.5) is 5.69 Å². The van der Waals surface area contributed by atoms with E-state index in [0.29, 0.717) is 21.6 Å². The normalized spacial score (nSPS) is 10.8. The third kappa shape index (κ3) is 4.08. The van der Waals surface area contributed by atoms with Crippen molar-refractivity contribution in [1.29, 1.82) is 0 Å². The van der Waals surface area contributed by atoms with Crippen LogP contribution in [0.15, 0.2) is 66.7 Å². The van der Waals surface area contributed by atoms with Gasteiger partial charge < -0.3 is 5.32 Å². The van der Waals surface area contributed by atoms with Crippen LogP contribution in [0.3, 0.4) is 0 Å². The fourth-order valence-electron chi connectivity index (χ4n) is 2.98. The Morgan fingerprint density at radius 3 is 2.37 bits per heavy atom. The average Bonchev–Trinajstić information content (AvgIpc) is 3.19. The van der Waals surface area contributed by atoms with E-state index >= 15 is 0 Å². The minimum atomic E-state index is -0.437. The lowest BCUT2D eigenvalue weighted by molar-refractivity contribution is 0.101. The molecule has 1 aromatic heterocycles. The molecule has 0 unspecified atom stereocenters. The summed E-state index contributed by atoms with van der Waals surface area (Å²) in [7, 11) is 0. The summed E-state index contributed by atoms with van der Waals surface area (Å²) in [6, 6.07) is 20.5. The van der Waals surface area contributed by atoms with E-state index in [1.807, 2.05) is 55.5 Å². The molecule has 0 aliphatic rings. The molecule has 0 saturated carbocycles. The Kier molecular flexibility index (Phi) is 5.57. The van der Waals surface area contributed by atoms with E-state index in [-0.39, 0.29) is 5.82 Å². The van der Waals surface area contributed by atoms with Gasteiger partial charge in [-0.05, 0) is 55.3 Å². The second-order valence-corrected chi connectivity index (χ2v) is 7.70. The zero-order valence-corrected chi connectivity index (χ0v) is 17.9. The maximum Gasteiger partial charge on any atom is 0.295 e. The Balaban J connectivity index is 1.75. The van der Waals surface area contributed by atoms with Crippen LogP contribution in [0.1, 0.15) is 21.7 Å². The second kappa shape index (κ2) is 8.30. The number of benzene rings is 3. The average molecular weight is 437 g/mol. The molecule has 4 rings (SSSR count). The van der Waals surface area contributed by atoms with Gasteiger partial charge in [-0.25, -0.2) is 9.67 Å². The van der Waals surface area contributed by atoms with Gasteiger partial charge in [-0.1, -0.05) is 59.6 Å². The van der Waals surface area contributed by atoms with Crippen molar-refractivity contribution in [2.24, 2.45) is 0 Å². The number of nitrogens with zero attached hydrogens (tertiary/aromatic N) is 3. The number of carbonyl (C=O) groups is 1. The Hall–Kier alpha value is -3.15. The molecule has 0 fully saturated rings. The van der Waals surface area contributed by atoms with Crippen LogP contribution >= 0.6 is 23.2 Å². The molecule has 7 heteroatoms. The van der Waals surface area contributed by atoms with Gasteiger partial charge in [0, 0.05) is 11.3 Å². The summed E-state index contributed by atoms with van der Waals surface area (Å²) in [5.74, 6) is 0.199. The van der Waals surface area contributed by atoms with Gasteiger partial charge in [-0.2, -0.15) is 0 Å². The van der Waals surface area contributed by atoms with E-state index in [2.05, 4.69) is 22.3 Å². The first-order chi connectivity index (χ1) is 14.4. The summed E-state index contributed by atoms with van der Waals surface area (Å²) in [6.07, 6.45) is 0. The zero-order chi connectivity index (χ0) is 21.3. The van der Waals surface area contributed by atoms with E-state index < -0.39 is 5.91 Å². The lowest BCUT2D eigenvalue weighted by Crippen LogP contribution is -2.14. The van der Waals surface area contributed by atoms with Crippen molar-refractivity contribution < 1.29 is 4.79 Å². The number of anilines is 1. The van der Waals surface area contributed by atoms with Crippen molar-refractivity contribution in [2.75, 3.05) is 5.32 Å². The van der Waals surface area contributed by atoms with E-state index in [1.165, 1.54) is 5.56 Å². The van der Waals surface area contributed by atoms with Crippen LogP contribution in [-0.4, -0.2) is 20.7 Å². The molecule has 1 amide bonds. The summed E-state index contributed by atoms with van der Waals surface area (Å²) in [6.45, 7) is 4.09. The van der Waals surface area contributed by atoms with Gasteiger partial charge in [-0.3, -0.25) is 4.79 Å². The van der Waals surface area contributed by atoms with Gasteiger partial charge in [0.2, 0.25) is 5.82 Å². The minimum absolute atomic E-state index is 0.0538. The minimum Gasteiger partial charge on any atom is -0.319 e. The molecule has 1 heterocycles. The molecule has 0 saturated heterocycles. The fourth-order valence-corrected chi connectivity index (χ4v) is 3.28. The Bertz CT molecular complexity index is 1240. The maximum atomic E-state index is 12.8. The number of aromatic nitrogens is 3. The van der Waals surface area contributed by atoms with E-state index in [9.17, 15) is 4.79 Å². The molecule has 4 aromatic rings. The number of hydrogen-bond acceptors (Lipinski definition) is 3. The number of aryl methyl sites for hydroxylation is 2. The number of amides is 1. The molecule has 1 N–H and O–H groups in total. The Labute approximate surface area is 184 Å². The van der Waals surface area contributed by atoms with Crippen molar-refractivity contribution in [3.63, 3.8) is 0 Å². The smallest absolute Gasteiger partial charge is 0.295 e. The summed E-state index contributed by atoms with van der Waals surface area (Å²) in [4.78, 5) is 17.4. The summed E-state index contributed by atoms with van der Waals surface area (Å²) >= 11 is 12.0. The highest BCUT2D eigenvalue weighted by Gasteiger charge is 2.19. The standard InChI is InChI=1S/C23H18Cl2N4O/c1-14-8-10-18(12-15(14)2)29-22(16-6-4-3-5-7-16)27-21(28-29)23(30)26-17-9-11-19(24)20(25)13-17/h3-13H,1-2H3,(H,26,30). The van der Waals surface area contributed by atoms with E-state index in [4.69, 9.17) is 23.2 Å². The third-order valence-corrected chi connectivity index (χ3v) is 5.49. The molecular weight excluding hydrogens is 419 g/mol. The molecule has 30 heavy (non-hydrogen) atoms. The predicted octanol–water partition coefficient (Wildman–Crippen LogP) is 6.11. The third-order valence-electron chi connectivity index (χ3n) is 4.75. The van der Waals surface area contributed by atoms with Gasteiger partial charge in [0.25, 0.3) is 5.91 Å². The molecule has 150 valence electrons. The Morgan fingerprint density at radius 1 is 0.900 bits per heavy atom. The first-order valence-electron chi connectivity index (χ1n) is 9.29. The van der Waals surface area contributed by atoms with Gasteiger partial charge in [0.1, 0.15) is 0 Å². The first kappa shape index (κ1) is 20.1. The Morgan fingerprint density at radius 2 is 1.67 bits per heavy atom. The van der Waals surface area contributed by atoms with Crippen LogP contribution in [0.2, 0.25) is 10.0 Å². The van der Waals surface area contributed by atoms with Crippen molar-refractivity contribution in [3.8, 4) is 17.1 Å². The topological polar surface area (TPSA) is 59.8 Å². The van der Waals surface area contributed by atoms with Crippen molar-refractivity contribution in [3.05, 3.63) is 93.7 Å². The molecule has 0 bridgehead atoms. The van der Waals surface area contributed by atoms with Crippen LogP contribution in [0, 0.1) is 13.8 Å². The molecule has 3 aromatic carbocycles. The monoisotopic (exact) mass is 436 g/mol. The van der Waals surface area contributed by atoms with Gasteiger partial charge in [-0.15, -0.1) is 5.10 Å². The van der Waals surface area contributed by atoms with Gasteiger partial charge >= 0.3 is 0 Å². The number of hydrogen-bond donors (Lipinski definition) is 1. The lowest BCUT2D eigenvalue weighted by atomic mass is 10.1. The zero-order valence-electron chi connectivity index (χ0n) is 16.4. The quantitative estimate of drug-likeness (QED) is 0.419. The van der Waals surface area contributed by atoms with Crippen LogP contribution < -0.4 is 5.32 Å². The SMILES string of the molecule is Cc1ccc(-n2nc(C(=O)Nc3ccc(Cl)c(Cl)c3)nc2-c2ccccc2)cc1C. The van der Waals surface area contributed by atoms with Gasteiger partial charge in [0.05, 0.1) is 15.7 Å². The highest BCUT2D eigenvalue weighted by atomic mass is 35.5. The molecule has 0 atom stereocenters. The van der Waals surface area contributed by atoms with Crippen molar-refractivity contribution >= 4 is 34.8 Å². The van der Waals surface area contributed by atoms with E-state index in [1.54, 1.807) is 22.9 Å². The summed E-state index contributed by atoms with van der Waals surface area (Å²) in [5.41, 5.74) is 4.51. The lowest BCUT2D eigenvalue weighted by Gasteiger charge is -2.08. The van der Waals surface area contributed by atoms with Crippen LogP contribution in [0.5, 0.6) is 0 Å². The van der Waals surface area contributed by atoms with Crippen molar-refractivity contribution in [1.82, 2.24) is 14.8 Å². The highest BCUT2D eigenvalue weighted by molar-refractivity contribution is 6.42. The molecule has 0 aliphatic heterocycles. The number of halogens is 2. The molecular formula is C23H18Cl2N4O. The van der Waals surface area contributed by atoms with Crippen LogP contribution in [0.25, 0.3) is 17.1 Å². The predicted molar refractivity (Wildman–Crippen MR) is 121 cm³/mol. The summed E-state index contributed by atoms with van der Waals surface area (Å²) in [5, 5.41) is 8.04. The number of carbonyl (C=O) groups excluding carboxylic acids is 1. The number of nitrogens with one attached hydrogen (secondary N) is 1. The van der Waals surface area contributed by atoms with Gasteiger partial charge in [0.15, 0.2) is 5.82 Å². The highest BCUT2D eigenvalue weighted by Crippen LogP contribution is 2.26. The molecule has 5 nitrogen and oxygen atoms in total. The largest absolute Gasteiger partial charge is 0.319 e. The van der Waals surface area contributed by atoms with E-state index in [0.717, 1.165) is 16.8 Å². The van der Waals surface area contributed by atoms with Crippen LogP contribution in [-0.2, 0) is 0 Å².